The molecule has 0 atom stereocenters. The summed E-state index contributed by atoms with van der Waals surface area (Å²) in [6.45, 7) is 3.49. The van der Waals surface area contributed by atoms with Crippen molar-refractivity contribution in [1.82, 2.24) is 0 Å². The van der Waals surface area contributed by atoms with E-state index in [9.17, 15) is 13.2 Å². The first-order valence-electron chi connectivity index (χ1n) is 4.90. The van der Waals surface area contributed by atoms with Crippen molar-refractivity contribution in [3.05, 3.63) is 0 Å². The first kappa shape index (κ1) is 14.7. The van der Waals surface area contributed by atoms with Gasteiger partial charge in [0.15, 0.2) is 0 Å². The van der Waals surface area contributed by atoms with Gasteiger partial charge < -0.3 is 10.5 Å². The molecule has 0 aliphatic heterocycles. The topological polar surface area (TPSA) is 44.5 Å². The van der Waals surface area contributed by atoms with E-state index in [1.54, 1.807) is 0 Å². The molecule has 0 rings (SSSR count). The highest BCUT2D eigenvalue weighted by Crippen LogP contribution is 2.16. The van der Waals surface area contributed by atoms with Gasteiger partial charge in [0.25, 0.3) is 0 Å². The van der Waals surface area contributed by atoms with Crippen molar-refractivity contribution in [1.29, 1.82) is 0 Å². The minimum Gasteiger partial charge on any atom is -0.377 e. The van der Waals surface area contributed by atoms with Crippen LogP contribution in [0, 0.1) is 0 Å². The van der Waals surface area contributed by atoms with Crippen molar-refractivity contribution >= 4 is 0 Å². The Kier molecular flexibility index (Phi) is 6.16. The molecule has 92 valence electrons. The Hall–Kier alpha value is -0.330. The molecule has 0 aromatic carbocycles. The smallest absolute Gasteiger partial charge is 0.377 e. The predicted molar refractivity (Wildman–Crippen MR) is 50.3 cm³/mol. The normalized spacial score (nSPS) is 13.2. The lowest BCUT2D eigenvalue weighted by molar-refractivity contribution is -0.327. The molecule has 0 heterocycles. The molecule has 0 unspecified atom stereocenters. The van der Waals surface area contributed by atoms with Crippen LogP contribution in [0.5, 0.6) is 0 Å². The minimum absolute atomic E-state index is 0.0987. The van der Waals surface area contributed by atoms with Gasteiger partial charge in [-0.25, -0.2) is 0 Å². The second-order valence-electron chi connectivity index (χ2n) is 3.42. The zero-order chi connectivity index (χ0) is 11.9. The SMILES string of the molecule is CCC(N)(CC)COCCOC(F)(F)F. The number of nitrogens with two attached hydrogens (primary N) is 1. The number of halogens is 3. The molecular formula is C9H18F3NO2. The van der Waals surface area contributed by atoms with Gasteiger partial charge in [-0.05, 0) is 12.8 Å². The molecule has 0 bridgehead atoms. The van der Waals surface area contributed by atoms with Crippen LogP contribution >= 0.6 is 0 Å². The molecule has 0 amide bonds. The van der Waals surface area contributed by atoms with Crippen molar-refractivity contribution in [3.63, 3.8) is 0 Å². The van der Waals surface area contributed by atoms with E-state index < -0.39 is 18.5 Å². The first-order valence-corrected chi connectivity index (χ1v) is 4.90. The summed E-state index contributed by atoms with van der Waals surface area (Å²) < 4.78 is 43.2. The average Bonchev–Trinajstić information content (AvgIpc) is 2.15. The van der Waals surface area contributed by atoms with E-state index >= 15 is 0 Å². The lowest BCUT2D eigenvalue weighted by atomic mass is 9.96. The summed E-state index contributed by atoms with van der Waals surface area (Å²) in [4.78, 5) is 0. The van der Waals surface area contributed by atoms with Gasteiger partial charge in [-0.2, -0.15) is 0 Å². The molecule has 0 fully saturated rings. The average molecular weight is 229 g/mol. The third kappa shape index (κ3) is 7.58. The van der Waals surface area contributed by atoms with Gasteiger partial charge in [0.05, 0.1) is 19.8 Å². The molecular weight excluding hydrogens is 211 g/mol. The Morgan fingerprint density at radius 2 is 1.60 bits per heavy atom. The lowest BCUT2D eigenvalue weighted by Gasteiger charge is -2.26. The summed E-state index contributed by atoms with van der Waals surface area (Å²) in [5.41, 5.74) is 5.43. The Balaban J connectivity index is 3.54. The molecule has 2 N–H and O–H groups in total. The van der Waals surface area contributed by atoms with Gasteiger partial charge in [-0.15, -0.1) is 13.2 Å². The maximum atomic E-state index is 11.5. The van der Waals surface area contributed by atoms with Crippen molar-refractivity contribution in [3.8, 4) is 0 Å². The van der Waals surface area contributed by atoms with Crippen LogP contribution in [0.3, 0.4) is 0 Å². The van der Waals surface area contributed by atoms with Crippen LogP contribution in [0.25, 0.3) is 0 Å². The largest absolute Gasteiger partial charge is 0.522 e. The van der Waals surface area contributed by atoms with Gasteiger partial charge in [0.2, 0.25) is 0 Å². The second kappa shape index (κ2) is 6.30. The third-order valence-corrected chi connectivity index (χ3v) is 2.29. The lowest BCUT2D eigenvalue weighted by Crippen LogP contribution is -2.43. The molecule has 3 nitrogen and oxygen atoms in total. The van der Waals surface area contributed by atoms with Crippen LogP contribution in [0.4, 0.5) is 13.2 Å². The Morgan fingerprint density at radius 1 is 1.07 bits per heavy atom. The van der Waals surface area contributed by atoms with E-state index in [4.69, 9.17) is 10.5 Å². The predicted octanol–water partition coefficient (Wildman–Crippen LogP) is 2.06. The van der Waals surface area contributed by atoms with Gasteiger partial charge in [0.1, 0.15) is 0 Å². The zero-order valence-electron chi connectivity index (χ0n) is 9.06. The third-order valence-electron chi connectivity index (χ3n) is 2.29. The van der Waals surface area contributed by atoms with Crippen LogP contribution in [0.2, 0.25) is 0 Å². The van der Waals surface area contributed by atoms with Crippen LogP contribution in [0.1, 0.15) is 26.7 Å². The molecule has 0 saturated heterocycles. The molecule has 6 heteroatoms. The fraction of sp³-hybridized carbons (Fsp3) is 1.00. The number of rotatable bonds is 7. The highest BCUT2D eigenvalue weighted by atomic mass is 19.4. The Bertz CT molecular complexity index is 169. The van der Waals surface area contributed by atoms with Crippen LogP contribution < -0.4 is 5.73 Å². The highest BCUT2D eigenvalue weighted by Gasteiger charge is 2.28. The molecule has 0 spiro atoms. The van der Waals surface area contributed by atoms with Gasteiger partial charge in [0, 0.05) is 5.54 Å². The van der Waals surface area contributed by atoms with Crippen molar-refractivity contribution in [2.24, 2.45) is 5.73 Å². The number of alkyl halides is 3. The monoisotopic (exact) mass is 229 g/mol. The van der Waals surface area contributed by atoms with E-state index in [-0.39, 0.29) is 13.2 Å². The summed E-state index contributed by atoms with van der Waals surface area (Å²) >= 11 is 0. The molecule has 0 saturated carbocycles. The number of hydrogen-bond acceptors (Lipinski definition) is 3. The number of ether oxygens (including phenoxy) is 2. The molecule has 15 heavy (non-hydrogen) atoms. The van der Waals surface area contributed by atoms with E-state index in [0.29, 0.717) is 0 Å². The number of hydrogen-bond donors (Lipinski definition) is 1. The van der Waals surface area contributed by atoms with Gasteiger partial charge >= 0.3 is 6.36 Å². The quantitative estimate of drug-likeness (QED) is 0.679. The summed E-state index contributed by atoms with van der Waals surface area (Å²) in [5, 5.41) is 0. The molecule has 0 aromatic heterocycles. The molecule has 0 aliphatic carbocycles. The summed E-state index contributed by atoms with van der Waals surface area (Å²) in [7, 11) is 0. The van der Waals surface area contributed by atoms with Crippen LogP contribution in [-0.2, 0) is 9.47 Å². The minimum atomic E-state index is -4.58. The summed E-state index contributed by atoms with van der Waals surface area (Å²) in [6.07, 6.45) is -3.13. The highest BCUT2D eigenvalue weighted by molar-refractivity contribution is 4.80. The fourth-order valence-electron chi connectivity index (χ4n) is 0.946. The maximum absolute atomic E-state index is 11.5. The maximum Gasteiger partial charge on any atom is 0.522 e. The van der Waals surface area contributed by atoms with Gasteiger partial charge in [-0.1, -0.05) is 13.8 Å². The van der Waals surface area contributed by atoms with E-state index in [1.807, 2.05) is 13.8 Å². The van der Waals surface area contributed by atoms with E-state index in [1.165, 1.54) is 0 Å². The molecule has 0 radical (unpaired) electrons. The first-order chi connectivity index (χ1) is 6.83. The van der Waals surface area contributed by atoms with Crippen LogP contribution in [0.15, 0.2) is 0 Å². The van der Waals surface area contributed by atoms with E-state index in [0.717, 1.165) is 12.8 Å². The second-order valence-corrected chi connectivity index (χ2v) is 3.42. The standard InChI is InChI=1S/C9H18F3NO2/c1-3-8(13,4-2)7-14-5-6-15-9(10,11)12/h3-7,13H2,1-2H3. The van der Waals surface area contributed by atoms with Crippen molar-refractivity contribution < 1.29 is 22.6 Å². The van der Waals surface area contributed by atoms with Gasteiger partial charge in [-0.3, -0.25) is 4.74 Å². The molecule has 0 aromatic rings. The molecule has 0 aliphatic rings. The Morgan fingerprint density at radius 3 is 2.00 bits per heavy atom. The van der Waals surface area contributed by atoms with Crippen LogP contribution in [-0.4, -0.2) is 31.7 Å². The summed E-state index contributed by atoms with van der Waals surface area (Å²) in [5.74, 6) is 0. The van der Waals surface area contributed by atoms with Crippen molar-refractivity contribution in [2.75, 3.05) is 19.8 Å². The van der Waals surface area contributed by atoms with E-state index in [2.05, 4.69) is 4.74 Å². The van der Waals surface area contributed by atoms with Crippen molar-refractivity contribution in [2.45, 2.75) is 38.6 Å². The summed E-state index contributed by atoms with van der Waals surface area (Å²) in [6, 6.07) is 0. The Labute approximate surface area is 87.7 Å². The zero-order valence-corrected chi connectivity index (χ0v) is 9.06. The fourth-order valence-corrected chi connectivity index (χ4v) is 0.946.